The van der Waals surface area contributed by atoms with E-state index in [0.717, 1.165) is 11.5 Å². The Morgan fingerprint density at radius 2 is 0.375 bits per heavy atom. The van der Waals surface area contributed by atoms with E-state index in [2.05, 4.69) is 25.3 Å². The van der Waals surface area contributed by atoms with Crippen LogP contribution in [0.25, 0.3) is 0 Å². The molecule has 0 aromatic heterocycles. The molecule has 0 fully saturated rings. The second-order valence-electron chi connectivity index (χ2n) is 12.8. The molecule has 0 bridgehead atoms. The van der Waals surface area contributed by atoms with Gasteiger partial charge in [-0.2, -0.15) is 50.5 Å². The van der Waals surface area contributed by atoms with Crippen molar-refractivity contribution in [3.63, 3.8) is 0 Å². The average molecular weight is 635 g/mol. The molecule has 0 spiro atoms. The highest BCUT2D eigenvalue weighted by atomic mass is 32.1. The summed E-state index contributed by atoms with van der Waals surface area (Å²) >= 11 is 18.4. The minimum Gasteiger partial charge on any atom is -0.179 e. The molecule has 2 atom stereocenters. The fraction of sp³-hybridized carbons (Fsp3) is 1.00. The molecule has 0 nitrogen and oxygen atoms in total. The van der Waals surface area contributed by atoms with E-state index in [1.54, 1.807) is 0 Å². The molecule has 0 saturated heterocycles. The first kappa shape index (κ1) is 41.4. The van der Waals surface area contributed by atoms with Gasteiger partial charge in [-0.3, -0.25) is 0 Å². The number of hydrogen-bond donors (Lipinski definition) is 4. The third-order valence-corrected chi connectivity index (χ3v) is 10.9. The second-order valence-corrected chi connectivity index (χ2v) is 15.0. The minimum atomic E-state index is 0.486. The topological polar surface area (TPSA) is 0 Å². The number of hydrogen-bond acceptors (Lipinski definition) is 4. The lowest BCUT2D eigenvalue weighted by molar-refractivity contribution is 0.518. The van der Waals surface area contributed by atoms with Crippen LogP contribution in [0.1, 0.15) is 205 Å². The Bertz CT molecular complexity index is 405. The fourth-order valence-electron chi connectivity index (χ4n) is 5.91. The maximum absolute atomic E-state index is 4.90. The highest BCUT2D eigenvalue weighted by Crippen LogP contribution is 2.23. The van der Waals surface area contributed by atoms with Crippen molar-refractivity contribution in [2.75, 3.05) is 11.5 Å². The maximum atomic E-state index is 4.90. The average Bonchev–Trinajstić information content (AvgIpc) is 2.96. The Labute approximate surface area is 276 Å². The first-order valence-electron chi connectivity index (χ1n) is 18.3. The number of unbranched alkanes of at least 4 members (excludes halogenated alkanes) is 28. The van der Waals surface area contributed by atoms with Crippen molar-refractivity contribution in [1.82, 2.24) is 0 Å². The van der Waals surface area contributed by atoms with Crippen LogP contribution in [0.3, 0.4) is 0 Å². The normalized spacial score (nSPS) is 13.2. The van der Waals surface area contributed by atoms with E-state index in [9.17, 15) is 0 Å². The van der Waals surface area contributed by atoms with Gasteiger partial charge >= 0.3 is 0 Å². The van der Waals surface area contributed by atoms with Crippen molar-refractivity contribution in [3.8, 4) is 0 Å². The molecule has 0 unspecified atom stereocenters. The first-order valence-corrected chi connectivity index (χ1v) is 20.6. The largest absolute Gasteiger partial charge is 0.179 e. The van der Waals surface area contributed by atoms with Crippen molar-refractivity contribution in [1.29, 1.82) is 0 Å². The molecule has 0 aliphatic heterocycles. The van der Waals surface area contributed by atoms with E-state index in [-0.39, 0.29) is 0 Å². The van der Waals surface area contributed by atoms with Gasteiger partial charge in [-0.1, -0.05) is 180 Å². The molecule has 0 aliphatic carbocycles. The standard InChI is InChI=1S/C36H74S4/c37-33-29-25-21-17-13-9-5-1-3-7-11-15-19-23-27-31-35(39)36(40)32-28-24-20-16-12-8-4-2-6-10-14-18-22-26-30-34-38/h35-40H,1-34H2/t35-,36-/m0/s1. The maximum Gasteiger partial charge on any atom is 0.0133 e. The van der Waals surface area contributed by atoms with E-state index < -0.39 is 0 Å². The van der Waals surface area contributed by atoms with Crippen LogP contribution in [-0.4, -0.2) is 22.0 Å². The summed E-state index contributed by atoms with van der Waals surface area (Å²) in [6, 6.07) is 0. The SMILES string of the molecule is SCCCCCCCCCCCCCCCCC[C@H](S)[C@@H](S)CCCCCCCCCCCCCCCCCS. The Hall–Kier alpha value is 1.40. The van der Waals surface area contributed by atoms with Crippen molar-refractivity contribution >= 4 is 50.5 Å². The molecule has 242 valence electrons. The van der Waals surface area contributed by atoms with Crippen LogP contribution < -0.4 is 0 Å². The van der Waals surface area contributed by atoms with E-state index >= 15 is 0 Å². The zero-order chi connectivity index (χ0) is 29.2. The van der Waals surface area contributed by atoms with Crippen molar-refractivity contribution < 1.29 is 0 Å². The lowest BCUT2D eigenvalue weighted by atomic mass is 10.0. The minimum absolute atomic E-state index is 0.486. The third-order valence-electron chi connectivity index (χ3n) is 8.76. The molecule has 40 heavy (non-hydrogen) atoms. The predicted molar refractivity (Wildman–Crippen MR) is 201 cm³/mol. The van der Waals surface area contributed by atoms with Crippen LogP contribution in [-0.2, 0) is 0 Å². The summed E-state index contributed by atoms with van der Waals surface area (Å²) in [5.74, 6) is 2.12. The van der Waals surface area contributed by atoms with Crippen LogP contribution >= 0.6 is 50.5 Å². The first-order chi connectivity index (χ1) is 19.7. The van der Waals surface area contributed by atoms with E-state index in [1.165, 1.54) is 205 Å². The van der Waals surface area contributed by atoms with Gasteiger partial charge in [-0.15, -0.1) is 0 Å². The molecule has 0 aliphatic rings. The molecule has 0 radical (unpaired) electrons. The summed E-state index contributed by atoms with van der Waals surface area (Å²) in [6.07, 6.45) is 45.1. The molecule has 0 rings (SSSR count). The van der Waals surface area contributed by atoms with Crippen LogP contribution in [0.5, 0.6) is 0 Å². The summed E-state index contributed by atoms with van der Waals surface area (Å²) < 4.78 is 0. The van der Waals surface area contributed by atoms with Crippen LogP contribution in [0, 0.1) is 0 Å². The molecular formula is C36H74S4. The monoisotopic (exact) mass is 634 g/mol. The van der Waals surface area contributed by atoms with Gasteiger partial charge in [0.15, 0.2) is 0 Å². The summed E-state index contributed by atoms with van der Waals surface area (Å²) in [4.78, 5) is 0. The van der Waals surface area contributed by atoms with Gasteiger partial charge in [0, 0.05) is 10.5 Å². The third kappa shape index (κ3) is 33.9. The van der Waals surface area contributed by atoms with Gasteiger partial charge in [0.2, 0.25) is 0 Å². The van der Waals surface area contributed by atoms with Gasteiger partial charge in [0.05, 0.1) is 0 Å². The molecule has 0 N–H and O–H groups in total. The molecule has 0 heterocycles. The highest BCUT2D eigenvalue weighted by molar-refractivity contribution is 7.85. The van der Waals surface area contributed by atoms with E-state index in [4.69, 9.17) is 25.3 Å². The van der Waals surface area contributed by atoms with Crippen LogP contribution in [0.4, 0.5) is 0 Å². The van der Waals surface area contributed by atoms with Crippen molar-refractivity contribution in [3.05, 3.63) is 0 Å². The van der Waals surface area contributed by atoms with Gasteiger partial charge < -0.3 is 0 Å². The number of rotatable bonds is 35. The number of thiol groups is 4. The molecule has 0 aromatic carbocycles. The fourth-order valence-corrected chi connectivity index (χ4v) is 7.02. The molecular weight excluding hydrogens is 561 g/mol. The van der Waals surface area contributed by atoms with Crippen molar-refractivity contribution in [2.24, 2.45) is 0 Å². The molecule has 0 amide bonds. The summed E-state index contributed by atoms with van der Waals surface area (Å²) in [6.45, 7) is 0. The zero-order valence-electron chi connectivity index (χ0n) is 27.0. The molecule has 0 saturated carbocycles. The van der Waals surface area contributed by atoms with Gasteiger partial charge in [0.1, 0.15) is 0 Å². The Morgan fingerprint density at radius 3 is 0.550 bits per heavy atom. The van der Waals surface area contributed by atoms with Crippen LogP contribution in [0.2, 0.25) is 0 Å². The Balaban J connectivity index is 3.26. The summed E-state index contributed by atoms with van der Waals surface area (Å²) in [7, 11) is 0. The van der Waals surface area contributed by atoms with Gasteiger partial charge in [-0.25, -0.2) is 0 Å². The van der Waals surface area contributed by atoms with Gasteiger partial charge in [-0.05, 0) is 37.2 Å². The molecule has 4 heteroatoms. The summed E-state index contributed by atoms with van der Waals surface area (Å²) in [5, 5.41) is 0.971. The second kappa shape index (κ2) is 36.6. The quantitative estimate of drug-likeness (QED) is 0.0387. The van der Waals surface area contributed by atoms with Gasteiger partial charge in [0.25, 0.3) is 0 Å². The zero-order valence-corrected chi connectivity index (χ0v) is 30.6. The smallest absolute Gasteiger partial charge is 0.0133 e. The molecule has 0 aromatic rings. The van der Waals surface area contributed by atoms with E-state index in [0.29, 0.717) is 10.5 Å². The van der Waals surface area contributed by atoms with Crippen molar-refractivity contribution in [2.45, 2.75) is 216 Å². The predicted octanol–water partition coefficient (Wildman–Crippen LogP) is 13.9. The summed E-state index contributed by atoms with van der Waals surface area (Å²) in [5.41, 5.74) is 0. The Kier molecular flexibility index (Phi) is 37.9. The highest BCUT2D eigenvalue weighted by Gasteiger charge is 2.13. The van der Waals surface area contributed by atoms with E-state index in [1.807, 2.05) is 0 Å². The van der Waals surface area contributed by atoms with Crippen LogP contribution in [0.15, 0.2) is 0 Å². The lowest BCUT2D eigenvalue weighted by Gasteiger charge is -2.18. The lowest BCUT2D eigenvalue weighted by Crippen LogP contribution is -2.15. The Morgan fingerprint density at radius 1 is 0.225 bits per heavy atom.